The predicted molar refractivity (Wildman–Crippen MR) is 58.7 cm³/mol. The molecule has 3 heteroatoms. The fourth-order valence-corrected chi connectivity index (χ4v) is 1.46. The number of hydrogen-bond donors (Lipinski definition) is 1. The lowest BCUT2D eigenvalue weighted by Gasteiger charge is -1.94. The van der Waals surface area contributed by atoms with Gasteiger partial charge in [-0.2, -0.15) is 0 Å². The van der Waals surface area contributed by atoms with Crippen LogP contribution in [0.1, 0.15) is 5.69 Å². The van der Waals surface area contributed by atoms with Gasteiger partial charge in [0.25, 0.3) is 0 Å². The van der Waals surface area contributed by atoms with E-state index in [-0.39, 0.29) is 0 Å². The fourth-order valence-electron chi connectivity index (χ4n) is 0.900. The predicted octanol–water partition coefficient (Wildman–Crippen LogP) is 2.57. The molecular formula is C10H12N2S. The molecule has 1 heterocycles. The normalized spacial score (nSPS) is 10.5. The van der Waals surface area contributed by atoms with Crippen molar-refractivity contribution < 1.29 is 0 Å². The van der Waals surface area contributed by atoms with Crippen molar-refractivity contribution in [2.45, 2.75) is 6.42 Å². The zero-order chi connectivity index (χ0) is 9.68. The first kappa shape index (κ1) is 9.74. The van der Waals surface area contributed by atoms with E-state index in [4.69, 9.17) is 5.73 Å². The van der Waals surface area contributed by atoms with Gasteiger partial charge in [0.2, 0.25) is 0 Å². The van der Waals surface area contributed by atoms with Crippen LogP contribution in [0.15, 0.2) is 42.3 Å². The topological polar surface area (TPSA) is 38.9 Å². The molecule has 0 radical (unpaired) electrons. The van der Waals surface area contributed by atoms with E-state index in [0.29, 0.717) is 5.13 Å². The van der Waals surface area contributed by atoms with Crippen LogP contribution in [-0.4, -0.2) is 4.98 Å². The van der Waals surface area contributed by atoms with Crippen molar-refractivity contribution in [3.05, 3.63) is 48.0 Å². The molecule has 0 atom stereocenters. The Hall–Kier alpha value is -1.35. The van der Waals surface area contributed by atoms with Crippen molar-refractivity contribution in [1.29, 1.82) is 0 Å². The van der Waals surface area contributed by atoms with Gasteiger partial charge in [-0.3, -0.25) is 0 Å². The van der Waals surface area contributed by atoms with Crippen LogP contribution in [0.4, 0.5) is 5.13 Å². The average molecular weight is 192 g/mol. The van der Waals surface area contributed by atoms with Gasteiger partial charge < -0.3 is 5.73 Å². The third-order valence-corrected chi connectivity index (χ3v) is 2.17. The Morgan fingerprint density at radius 3 is 3.00 bits per heavy atom. The highest BCUT2D eigenvalue weighted by atomic mass is 32.1. The molecule has 0 spiro atoms. The molecule has 2 nitrogen and oxygen atoms in total. The molecule has 0 aliphatic heterocycles. The number of allylic oxidation sites excluding steroid dienone is 4. The minimum absolute atomic E-state index is 0.607. The standard InChI is InChI=1S/C10H12N2S/c1-3-4-5-8(2)6-9-7-13-10(11)12-9/h3-5,7H,1-2,6H2,(H2,11,12)/b5-4-. The largest absolute Gasteiger partial charge is 0.375 e. The van der Waals surface area contributed by atoms with E-state index in [1.165, 1.54) is 11.3 Å². The molecule has 0 saturated carbocycles. The summed E-state index contributed by atoms with van der Waals surface area (Å²) in [6.45, 7) is 7.47. The summed E-state index contributed by atoms with van der Waals surface area (Å²) in [5, 5.41) is 2.55. The molecule has 2 N–H and O–H groups in total. The first-order valence-corrected chi connectivity index (χ1v) is 4.77. The summed E-state index contributed by atoms with van der Waals surface area (Å²) in [5.74, 6) is 0. The molecule has 1 aromatic rings. The molecule has 0 amide bonds. The SMILES string of the molecule is C=C/C=C\C(=C)Cc1csc(N)n1. The Morgan fingerprint density at radius 1 is 1.69 bits per heavy atom. The summed E-state index contributed by atoms with van der Waals surface area (Å²) < 4.78 is 0. The lowest BCUT2D eigenvalue weighted by atomic mass is 10.1. The second-order valence-corrected chi connectivity index (χ2v) is 3.50. The van der Waals surface area contributed by atoms with Crippen LogP contribution in [0.5, 0.6) is 0 Å². The van der Waals surface area contributed by atoms with Gasteiger partial charge in [-0.1, -0.05) is 31.4 Å². The minimum atomic E-state index is 0.607. The first-order valence-electron chi connectivity index (χ1n) is 3.89. The fraction of sp³-hybridized carbons (Fsp3) is 0.100. The third-order valence-electron chi connectivity index (χ3n) is 1.45. The lowest BCUT2D eigenvalue weighted by molar-refractivity contribution is 1.12. The van der Waals surface area contributed by atoms with Crippen molar-refractivity contribution in [2.24, 2.45) is 0 Å². The van der Waals surface area contributed by atoms with Gasteiger partial charge in [-0.15, -0.1) is 11.3 Å². The van der Waals surface area contributed by atoms with E-state index in [1.807, 2.05) is 17.5 Å². The summed E-state index contributed by atoms with van der Waals surface area (Å²) in [5.41, 5.74) is 7.48. The number of nitrogen functional groups attached to an aromatic ring is 1. The molecule has 0 fully saturated rings. The Morgan fingerprint density at radius 2 is 2.46 bits per heavy atom. The summed E-state index contributed by atoms with van der Waals surface area (Å²) in [6, 6.07) is 0. The van der Waals surface area contributed by atoms with E-state index in [9.17, 15) is 0 Å². The Bertz CT molecular complexity index is 336. The average Bonchev–Trinajstić information content (AvgIpc) is 2.48. The molecule has 1 rings (SSSR count). The molecule has 0 aromatic carbocycles. The van der Waals surface area contributed by atoms with Crippen molar-refractivity contribution in [3.8, 4) is 0 Å². The van der Waals surface area contributed by atoms with E-state index >= 15 is 0 Å². The van der Waals surface area contributed by atoms with Gasteiger partial charge in [0.1, 0.15) is 0 Å². The van der Waals surface area contributed by atoms with E-state index in [2.05, 4.69) is 18.1 Å². The maximum atomic E-state index is 5.50. The van der Waals surface area contributed by atoms with Crippen LogP contribution in [0, 0.1) is 0 Å². The van der Waals surface area contributed by atoms with E-state index < -0.39 is 0 Å². The van der Waals surface area contributed by atoms with Gasteiger partial charge in [0.15, 0.2) is 5.13 Å². The zero-order valence-corrected chi connectivity index (χ0v) is 8.18. The van der Waals surface area contributed by atoms with Crippen molar-refractivity contribution in [2.75, 3.05) is 5.73 Å². The molecule has 0 aliphatic carbocycles. The molecule has 68 valence electrons. The third kappa shape index (κ3) is 3.25. The van der Waals surface area contributed by atoms with Gasteiger partial charge in [0.05, 0.1) is 5.69 Å². The monoisotopic (exact) mass is 192 g/mol. The molecule has 0 bridgehead atoms. The van der Waals surface area contributed by atoms with Crippen LogP contribution in [0.3, 0.4) is 0 Å². The molecule has 13 heavy (non-hydrogen) atoms. The quantitative estimate of drug-likeness (QED) is 0.745. The molecule has 0 aliphatic rings. The zero-order valence-electron chi connectivity index (χ0n) is 7.36. The van der Waals surface area contributed by atoms with Crippen molar-refractivity contribution >= 4 is 16.5 Å². The summed E-state index contributed by atoms with van der Waals surface area (Å²) in [4.78, 5) is 4.13. The van der Waals surface area contributed by atoms with Crippen LogP contribution < -0.4 is 5.73 Å². The van der Waals surface area contributed by atoms with Crippen LogP contribution in [-0.2, 0) is 6.42 Å². The smallest absolute Gasteiger partial charge is 0.180 e. The molecule has 0 unspecified atom stereocenters. The van der Waals surface area contributed by atoms with Gasteiger partial charge in [0, 0.05) is 11.8 Å². The van der Waals surface area contributed by atoms with E-state index in [1.54, 1.807) is 6.08 Å². The second kappa shape index (κ2) is 4.62. The second-order valence-electron chi connectivity index (χ2n) is 2.61. The van der Waals surface area contributed by atoms with Crippen molar-refractivity contribution in [1.82, 2.24) is 4.98 Å². The number of anilines is 1. The minimum Gasteiger partial charge on any atom is -0.375 e. The van der Waals surface area contributed by atoms with E-state index in [0.717, 1.165) is 17.7 Å². The highest BCUT2D eigenvalue weighted by Gasteiger charge is 1.98. The van der Waals surface area contributed by atoms with Crippen LogP contribution >= 0.6 is 11.3 Å². The van der Waals surface area contributed by atoms with Crippen LogP contribution in [0.25, 0.3) is 0 Å². The molecule has 0 saturated heterocycles. The number of rotatable bonds is 4. The lowest BCUT2D eigenvalue weighted by Crippen LogP contribution is -1.88. The number of nitrogens with two attached hydrogens (primary N) is 1. The van der Waals surface area contributed by atoms with Gasteiger partial charge in [-0.25, -0.2) is 4.98 Å². The van der Waals surface area contributed by atoms with Gasteiger partial charge in [-0.05, 0) is 5.57 Å². The number of nitrogens with zero attached hydrogens (tertiary/aromatic N) is 1. The van der Waals surface area contributed by atoms with Crippen molar-refractivity contribution in [3.63, 3.8) is 0 Å². The Balaban J connectivity index is 2.54. The number of hydrogen-bond acceptors (Lipinski definition) is 3. The summed E-state index contributed by atoms with van der Waals surface area (Å²) in [7, 11) is 0. The highest BCUT2D eigenvalue weighted by Crippen LogP contribution is 2.14. The first-order chi connectivity index (χ1) is 6.22. The number of aromatic nitrogens is 1. The molecule has 1 aromatic heterocycles. The highest BCUT2D eigenvalue weighted by molar-refractivity contribution is 7.13. The Labute approximate surface area is 82.1 Å². The summed E-state index contributed by atoms with van der Waals surface area (Å²) >= 11 is 1.45. The Kier molecular flexibility index (Phi) is 3.46. The van der Waals surface area contributed by atoms with Crippen LogP contribution in [0.2, 0.25) is 0 Å². The molecular weight excluding hydrogens is 180 g/mol. The number of thiazole rings is 1. The maximum Gasteiger partial charge on any atom is 0.180 e. The van der Waals surface area contributed by atoms with Gasteiger partial charge >= 0.3 is 0 Å². The summed E-state index contributed by atoms with van der Waals surface area (Å²) in [6.07, 6.45) is 6.25. The maximum absolute atomic E-state index is 5.50.